The van der Waals surface area contributed by atoms with Gasteiger partial charge in [0.15, 0.2) is 9.84 Å². The van der Waals surface area contributed by atoms with Gasteiger partial charge in [0.1, 0.15) is 5.75 Å². The van der Waals surface area contributed by atoms with Gasteiger partial charge in [-0.1, -0.05) is 11.6 Å². The Kier molecular flexibility index (Phi) is 3.22. The highest BCUT2D eigenvalue weighted by Crippen LogP contribution is 2.20. The van der Waals surface area contributed by atoms with Crippen molar-refractivity contribution in [3.05, 3.63) is 40.3 Å². The number of benzene rings is 1. The lowest BCUT2D eigenvalue weighted by atomic mass is 10.2. The van der Waals surface area contributed by atoms with Gasteiger partial charge in [0.25, 0.3) is 0 Å². The van der Waals surface area contributed by atoms with Crippen LogP contribution in [0.3, 0.4) is 0 Å². The quantitative estimate of drug-likeness (QED) is 0.834. The average molecular weight is 272 g/mol. The van der Waals surface area contributed by atoms with E-state index in [9.17, 15) is 13.5 Å². The summed E-state index contributed by atoms with van der Waals surface area (Å²) in [7, 11) is -3.10. The number of phenolic OH excluding ortho intramolecular Hbond substituents is 1. The fraction of sp³-hybridized carbons (Fsp3) is 0.182. The molecule has 0 amide bonds. The molecule has 0 saturated heterocycles. The lowest BCUT2D eigenvalue weighted by molar-refractivity contribution is 0.474. The van der Waals surface area contributed by atoms with Crippen molar-refractivity contribution in [3.63, 3.8) is 0 Å². The number of sulfone groups is 1. The zero-order chi connectivity index (χ0) is 12.5. The van der Waals surface area contributed by atoms with E-state index in [1.54, 1.807) is 12.1 Å². The number of hydrogen-bond acceptors (Lipinski definition) is 4. The molecule has 1 heterocycles. The number of rotatable bonds is 2. The van der Waals surface area contributed by atoms with Gasteiger partial charge >= 0.3 is 0 Å². The Balaban J connectivity index is 2.17. The van der Waals surface area contributed by atoms with Gasteiger partial charge in [-0.25, -0.2) is 8.42 Å². The molecule has 0 spiro atoms. The van der Waals surface area contributed by atoms with Crippen LogP contribution < -0.4 is 0 Å². The molecular weight excluding hydrogens is 262 g/mol. The first-order chi connectivity index (χ1) is 7.96. The van der Waals surface area contributed by atoms with Crippen molar-refractivity contribution in [2.75, 3.05) is 5.75 Å². The summed E-state index contributed by atoms with van der Waals surface area (Å²) in [5.74, 6) is 0.0353. The van der Waals surface area contributed by atoms with E-state index in [4.69, 9.17) is 11.6 Å². The third kappa shape index (κ3) is 3.08. The minimum absolute atomic E-state index is 0.0230. The number of phenols is 1. The van der Waals surface area contributed by atoms with E-state index < -0.39 is 15.9 Å². The number of hydrogen-bond donors (Lipinski definition) is 1. The summed E-state index contributed by atoms with van der Waals surface area (Å²) in [6, 6.07) is 4.20. The first-order valence-electron chi connectivity index (χ1n) is 4.89. The Morgan fingerprint density at radius 3 is 2.88 bits per heavy atom. The Morgan fingerprint density at radius 2 is 2.24 bits per heavy atom. The molecule has 4 nitrogen and oxygen atoms in total. The van der Waals surface area contributed by atoms with E-state index in [2.05, 4.69) is 4.99 Å². The molecule has 1 aromatic rings. The van der Waals surface area contributed by atoms with Crippen LogP contribution in [0, 0.1) is 0 Å². The molecule has 0 fully saturated rings. The minimum Gasteiger partial charge on any atom is -0.507 e. The minimum atomic E-state index is -3.10. The maximum absolute atomic E-state index is 11.1. The van der Waals surface area contributed by atoms with Crippen LogP contribution in [-0.4, -0.2) is 31.5 Å². The van der Waals surface area contributed by atoms with Crippen LogP contribution in [0.1, 0.15) is 5.56 Å². The van der Waals surface area contributed by atoms with E-state index in [-0.39, 0.29) is 11.5 Å². The van der Waals surface area contributed by atoms with Gasteiger partial charge in [-0.05, 0) is 24.3 Å². The molecular formula is C11H10ClNO3S. The normalized spacial score (nSPS) is 22.3. The van der Waals surface area contributed by atoms with Gasteiger partial charge < -0.3 is 5.11 Å². The molecule has 0 saturated carbocycles. The highest BCUT2D eigenvalue weighted by molar-refractivity contribution is 7.94. The highest BCUT2D eigenvalue weighted by atomic mass is 35.5. The van der Waals surface area contributed by atoms with Crippen LogP contribution in [0.15, 0.2) is 34.7 Å². The second kappa shape index (κ2) is 4.50. The molecule has 0 bridgehead atoms. The standard InChI is InChI=1S/C11H10ClNO3S/c12-9-1-2-11(14)8(5-9)6-13-10-3-4-17(15,16)7-10/h1-6,10,14H,7H2/t10-/m1/s1. The topological polar surface area (TPSA) is 66.7 Å². The van der Waals surface area contributed by atoms with E-state index in [0.717, 1.165) is 5.41 Å². The maximum Gasteiger partial charge on any atom is 0.173 e. The Labute approximate surface area is 104 Å². The zero-order valence-corrected chi connectivity index (χ0v) is 10.3. The third-order valence-electron chi connectivity index (χ3n) is 2.31. The summed E-state index contributed by atoms with van der Waals surface area (Å²) >= 11 is 5.77. The maximum atomic E-state index is 11.1. The molecule has 1 N–H and O–H groups in total. The van der Waals surface area contributed by atoms with Gasteiger partial charge in [-0.3, -0.25) is 4.99 Å². The number of aromatic hydroxyl groups is 1. The van der Waals surface area contributed by atoms with Gasteiger partial charge in [0.05, 0.1) is 11.8 Å². The van der Waals surface area contributed by atoms with Crippen LogP contribution in [-0.2, 0) is 9.84 Å². The molecule has 1 atom stereocenters. The molecule has 0 radical (unpaired) electrons. The van der Waals surface area contributed by atoms with E-state index in [1.807, 2.05) is 0 Å². The summed E-state index contributed by atoms with van der Waals surface area (Å²) in [4.78, 5) is 4.08. The second-order valence-electron chi connectivity index (χ2n) is 3.71. The van der Waals surface area contributed by atoms with Crippen LogP contribution in [0.4, 0.5) is 0 Å². The van der Waals surface area contributed by atoms with Gasteiger partial charge in [-0.2, -0.15) is 0 Å². The summed E-state index contributed by atoms with van der Waals surface area (Å²) in [6.07, 6.45) is 2.95. The molecule has 6 heteroatoms. The molecule has 1 aromatic carbocycles. The SMILES string of the molecule is O=S1(=O)C=C[C@@H](N=Cc2cc(Cl)ccc2O)C1. The van der Waals surface area contributed by atoms with Crippen molar-refractivity contribution >= 4 is 27.7 Å². The number of aliphatic imine (C=N–C) groups is 1. The molecule has 0 unspecified atom stereocenters. The predicted molar refractivity (Wildman–Crippen MR) is 67.4 cm³/mol. The van der Waals surface area contributed by atoms with Crippen LogP contribution >= 0.6 is 11.6 Å². The predicted octanol–water partition coefficient (Wildman–Crippen LogP) is 1.78. The van der Waals surface area contributed by atoms with E-state index in [1.165, 1.54) is 18.4 Å². The third-order valence-corrected chi connectivity index (χ3v) is 3.92. The highest BCUT2D eigenvalue weighted by Gasteiger charge is 2.20. The van der Waals surface area contributed by atoms with Crippen LogP contribution in [0.2, 0.25) is 5.02 Å². The second-order valence-corrected chi connectivity index (χ2v) is 6.07. The first-order valence-corrected chi connectivity index (χ1v) is 6.98. The smallest absolute Gasteiger partial charge is 0.173 e. The largest absolute Gasteiger partial charge is 0.507 e. The molecule has 0 aromatic heterocycles. The fourth-order valence-electron chi connectivity index (χ4n) is 1.46. The summed E-state index contributed by atoms with van der Waals surface area (Å²) in [5.41, 5.74) is 0.468. The van der Waals surface area contributed by atoms with Crippen molar-refractivity contribution in [2.45, 2.75) is 6.04 Å². The molecule has 0 aliphatic carbocycles. The lowest BCUT2D eigenvalue weighted by Gasteiger charge is -2.01. The Morgan fingerprint density at radius 1 is 1.47 bits per heavy atom. The van der Waals surface area contributed by atoms with Crippen LogP contribution in [0.5, 0.6) is 5.75 Å². The first kappa shape index (κ1) is 12.1. The number of nitrogens with zero attached hydrogens (tertiary/aromatic N) is 1. The van der Waals surface area contributed by atoms with E-state index in [0.29, 0.717) is 10.6 Å². The number of halogens is 1. The molecule has 1 aliphatic rings. The average Bonchev–Trinajstić information content (AvgIpc) is 2.60. The molecule has 1 aliphatic heterocycles. The fourth-order valence-corrected chi connectivity index (χ4v) is 2.84. The van der Waals surface area contributed by atoms with Crippen molar-refractivity contribution in [2.24, 2.45) is 4.99 Å². The van der Waals surface area contributed by atoms with Gasteiger partial charge in [0, 0.05) is 22.2 Å². The van der Waals surface area contributed by atoms with Gasteiger partial charge in [0.2, 0.25) is 0 Å². The Bertz CT molecular complexity index is 593. The van der Waals surface area contributed by atoms with Crippen LogP contribution in [0.25, 0.3) is 0 Å². The zero-order valence-electron chi connectivity index (χ0n) is 8.75. The van der Waals surface area contributed by atoms with Crippen molar-refractivity contribution in [1.29, 1.82) is 0 Å². The Hall–Kier alpha value is -1.33. The molecule has 17 heavy (non-hydrogen) atoms. The van der Waals surface area contributed by atoms with Crippen molar-refractivity contribution < 1.29 is 13.5 Å². The van der Waals surface area contributed by atoms with Crippen molar-refractivity contribution in [1.82, 2.24) is 0 Å². The van der Waals surface area contributed by atoms with Crippen molar-refractivity contribution in [3.8, 4) is 5.75 Å². The molecule has 2 rings (SSSR count). The molecule has 90 valence electrons. The summed E-state index contributed by atoms with van der Waals surface area (Å²) < 4.78 is 22.3. The van der Waals surface area contributed by atoms with Gasteiger partial charge in [-0.15, -0.1) is 0 Å². The van der Waals surface area contributed by atoms with E-state index >= 15 is 0 Å². The lowest BCUT2D eigenvalue weighted by Crippen LogP contribution is -2.08. The summed E-state index contributed by atoms with van der Waals surface area (Å²) in [6.45, 7) is 0. The monoisotopic (exact) mass is 271 g/mol. The summed E-state index contributed by atoms with van der Waals surface area (Å²) in [5, 5.41) is 11.2.